The highest BCUT2D eigenvalue weighted by Crippen LogP contribution is 2.19. The fraction of sp³-hybridized carbons (Fsp3) is 0.316. The van der Waals surface area contributed by atoms with E-state index >= 15 is 0 Å². The molecule has 0 saturated carbocycles. The second-order valence-electron chi connectivity index (χ2n) is 6.73. The molecule has 0 bridgehead atoms. The lowest BCUT2D eigenvalue weighted by molar-refractivity contribution is 0.0780. The van der Waals surface area contributed by atoms with Crippen LogP contribution in [-0.2, 0) is 19.4 Å². The number of hydrogen-bond donors (Lipinski definition) is 2. The van der Waals surface area contributed by atoms with Crippen molar-refractivity contribution in [3.63, 3.8) is 0 Å². The van der Waals surface area contributed by atoms with Gasteiger partial charge in [-0.25, -0.2) is 9.37 Å². The number of halogens is 1. The summed E-state index contributed by atoms with van der Waals surface area (Å²) in [7, 11) is 1.62. The van der Waals surface area contributed by atoms with Gasteiger partial charge >= 0.3 is 0 Å². The molecule has 1 amide bonds. The highest BCUT2D eigenvalue weighted by atomic mass is 19.1. The number of nitrogens with one attached hydrogen (secondary N) is 2. The van der Waals surface area contributed by atoms with Gasteiger partial charge in [-0.2, -0.15) is 0 Å². The predicted molar refractivity (Wildman–Crippen MR) is 95.6 cm³/mol. The molecule has 2 heterocycles. The van der Waals surface area contributed by atoms with Crippen LogP contribution in [0.15, 0.2) is 29.1 Å². The number of aromatic amines is 2. The molecule has 2 N–H and O–H groups in total. The number of amides is 1. The lowest BCUT2D eigenvalue weighted by Crippen LogP contribution is -2.32. The van der Waals surface area contributed by atoms with E-state index in [0.717, 1.165) is 36.9 Å². The van der Waals surface area contributed by atoms with Crippen LogP contribution in [0.5, 0.6) is 0 Å². The standard InChI is InChI=1S/C19H19FN4O2/c1-24(10-17-21-15-7-6-12(20)9-16(15)22-17)19(26)13-8-11-4-2-3-5-14(11)23-18(13)25/h6-9H,2-5,10H2,1H3,(H,21,22)(H,23,25). The molecule has 0 unspecified atom stereocenters. The zero-order valence-electron chi connectivity index (χ0n) is 14.4. The first-order valence-electron chi connectivity index (χ1n) is 8.66. The summed E-state index contributed by atoms with van der Waals surface area (Å²) in [6, 6.07) is 6.01. The lowest BCUT2D eigenvalue weighted by Gasteiger charge is -2.19. The first-order chi connectivity index (χ1) is 12.5. The van der Waals surface area contributed by atoms with Gasteiger partial charge in [-0.3, -0.25) is 9.59 Å². The van der Waals surface area contributed by atoms with Crippen molar-refractivity contribution in [2.24, 2.45) is 0 Å². The van der Waals surface area contributed by atoms with Crippen LogP contribution in [0.25, 0.3) is 11.0 Å². The van der Waals surface area contributed by atoms with Gasteiger partial charge in [-0.05, 0) is 55.5 Å². The number of aryl methyl sites for hydroxylation is 2. The quantitative estimate of drug-likeness (QED) is 0.758. The largest absolute Gasteiger partial charge is 0.340 e. The number of hydrogen-bond acceptors (Lipinski definition) is 3. The van der Waals surface area contributed by atoms with E-state index < -0.39 is 0 Å². The average molecular weight is 354 g/mol. The molecule has 1 aliphatic carbocycles. The zero-order valence-corrected chi connectivity index (χ0v) is 14.4. The van der Waals surface area contributed by atoms with Crippen molar-refractivity contribution < 1.29 is 9.18 Å². The Morgan fingerprint density at radius 2 is 2.04 bits per heavy atom. The molecule has 6 nitrogen and oxygen atoms in total. The molecule has 134 valence electrons. The van der Waals surface area contributed by atoms with Crippen LogP contribution in [0.4, 0.5) is 4.39 Å². The van der Waals surface area contributed by atoms with E-state index in [1.807, 2.05) is 0 Å². The van der Waals surface area contributed by atoms with Gasteiger partial charge in [-0.1, -0.05) is 0 Å². The van der Waals surface area contributed by atoms with E-state index in [1.54, 1.807) is 19.2 Å². The normalized spacial score (nSPS) is 13.6. The summed E-state index contributed by atoms with van der Waals surface area (Å²) in [4.78, 5) is 36.7. The van der Waals surface area contributed by atoms with Gasteiger partial charge in [0.1, 0.15) is 17.2 Å². The molecule has 0 fully saturated rings. The van der Waals surface area contributed by atoms with Crippen LogP contribution in [0.2, 0.25) is 0 Å². The molecule has 3 aromatic rings. The van der Waals surface area contributed by atoms with E-state index in [-0.39, 0.29) is 29.4 Å². The van der Waals surface area contributed by atoms with Crippen molar-refractivity contribution >= 4 is 16.9 Å². The van der Waals surface area contributed by atoms with Gasteiger partial charge < -0.3 is 14.9 Å². The van der Waals surface area contributed by atoms with E-state index in [9.17, 15) is 14.0 Å². The second-order valence-corrected chi connectivity index (χ2v) is 6.73. The van der Waals surface area contributed by atoms with Crippen molar-refractivity contribution in [3.8, 4) is 0 Å². The molecule has 0 atom stereocenters. The number of rotatable bonds is 3. The van der Waals surface area contributed by atoms with Crippen LogP contribution in [-0.4, -0.2) is 32.8 Å². The summed E-state index contributed by atoms with van der Waals surface area (Å²) in [6.45, 7) is 0.200. The number of aromatic nitrogens is 3. The van der Waals surface area contributed by atoms with Crippen molar-refractivity contribution in [1.82, 2.24) is 19.9 Å². The molecular weight excluding hydrogens is 335 g/mol. The molecule has 1 aromatic carbocycles. The second kappa shape index (κ2) is 6.40. The van der Waals surface area contributed by atoms with Crippen molar-refractivity contribution in [2.75, 3.05) is 7.05 Å². The summed E-state index contributed by atoms with van der Waals surface area (Å²) >= 11 is 0. The summed E-state index contributed by atoms with van der Waals surface area (Å²) in [5, 5.41) is 0. The minimum Gasteiger partial charge on any atom is -0.340 e. The Balaban J connectivity index is 1.58. The zero-order chi connectivity index (χ0) is 18.3. The molecule has 26 heavy (non-hydrogen) atoms. The van der Waals surface area contributed by atoms with Crippen molar-refractivity contribution in [3.05, 3.63) is 63.1 Å². The topological polar surface area (TPSA) is 81.8 Å². The van der Waals surface area contributed by atoms with Gasteiger partial charge in [0, 0.05) is 12.7 Å². The van der Waals surface area contributed by atoms with Crippen LogP contribution < -0.4 is 5.56 Å². The number of imidazole rings is 1. The monoisotopic (exact) mass is 354 g/mol. The van der Waals surface area contributed by atoms with E-state index in [2.05, 4.69) is 15.0 Å². The van der Waals surface area contributed by atoms with Gasteiger partial charge in [0.2, 0.25) is 0 Å². The number of benzene rings is 1. The summed E-state index contributed by atoms with van der Waals surface area (Å²) in [5.74, 6) is -0.167. The van der Waals surface area contributed by atoms with E-state index in [4.69, 9.17) is 0 Å². The maximum atomic E-state index is 13.3. The van der Waals surface area contributed by atoms with Crippen LogP contribution >= 0.6 is 0 Å². The first kappa shape index (κ1) is 16.5. The van der Waals surface area contributed by atoms with E-state index in [1.165, 1.54) is 17.0 Å². The molecular formula is C19H19FN4O2. The molecule has 0 aliphatic heterocycles. The van der Waals surface area contributed by atoms with Gasteiger partial charge in [-0.15, -0.1) is 0 Å². The fourth-order valence-corrected chi connectivity index (χ4v) is 3.45. The Hall–Kier alpha value is -2.96. The van der Waals surface area contributed by atoms with Crippen LogP contribution in [0.1, 0.15) is 40.3 Å². The van der Waals surface area contributed by atoms with Crippen LogP contribution in [0, 0.1) is 5.82 Å². The highest BCUT2D eigenvalue weighted by molar-refractivity contribution is 5.93. The maximum absolute atomic E-state index is 13.3. The number of carbonyl (C=O) groups is 1. The summed E-state index contributed by atoms with van der Waals surface area (Å²) < 4.78 is 13.3. The minimum atomic E-state index is -0.355. The van der Waals surface area contributed by atoms with E-state index in [0.29, 0.717) is 16.9 Å². The number of H-pyrrole nitrogens is 2. The molecule has 2 aromatic heterocycles. The molecule has 7 heteroatoms. The Labute approximate surface area is 149 Å². The number of carbonyl (C=O) groups excluding carboxylic acids is 1. The minimum absolute atomic E-state index is 0.148. The van der Waals surface area contributed by atoms with Crippen LogP contribution in [0.3, 0.4) is 0 Å². The molecule has 1 aliphatic rings. The Morgan fingerprint density at radius 3 is 2.88 bits per heavy atom. The van der Waals surface area contributed by atoms with Crippen molar-refractivity contribution in [1.29, 1.82) is 0 Å². The highest BCUT2D eigenvalue weighted by Gasteiger charge is 2.20. The molecule has 0 spiro atoms. The third-order valence-electron chi connectivity index (χ3n) is 4.80. The molecule has 0 saturated heterocycles. The van der Waals surface area contributed by atoms with Crippen molar-refractivity contribution in [2.45, 2.75) is 32.2 Å². The Kier molecular flexibility index (Phi) is 4.06. The van der Waals surface area contributed by atoms with Gasteiger partial charge in [0.15, 0.2) is 0 Å². The number of fused-ring (bicyclic) bond motifs is 2. The van der Waals surface area contributed by atoms with Gasteiger partial charge in [0.05, 0.1) is 17.6 Å². The summed E-state index contributed by atoms with van der Waals surface area (Å²) in [5.41, 5.74) is 3.00. The fourth-order valence-electron chi connectivity index (χ4n) is 3.45. The third kappa shape index (κ3) is 3.00. The molecule has 4 rings (SSSR count). The predicted octanol–water partition coefficient (Wildman–Crippen LogP) is 2.54. The summed E-state index contributed by atoms with van der Waals surface area (Å²) in [6.07, 6.45) is 3.86. The Morgan fingerprint density at radius 1 is 1.23 bits per heavy atom. The Bertz CT molecular complexity index is 1050. The number of nitrogens with zero attached hydrogens (tertiary/aromatic N) is 2. The molecule has 0 radical (unpaired) electrons. The lowest BCUT2D eigenvalue weighted by atomic mass is 9.95. The SMILES string of the molecule is CN(Cc1nc2ccc(F)cc2[nH]1)C(=O)c1cc2c([nH]c1=O)CCCC2. The number of pyridine rings is 1. The average Bonchev–Trinajstić information content (AvgIpc) is 3.01. The first-order valence-corrected chi connectivity index (χ1v) is 8.66. The smallest absolute Gasteiger partial charge is 0.261 e. The van der Waals surface area contributed by atoms with Gasteiger partial charge in [0.25, 0.3) is 11.5 Å². The third-order valence-corrected chi connectivity index (χ3v) is 4.80. The maximum Gasteiger partial charge on any atom is 0.261 e.